The van der Waals surface area contributed by atoms with Gasteiger partial charge in [0, 0.05) is 23.7 Å². The minimum Gasteiger partial charge on any atom is -0.497 e. The zero-order chi connectivity index (χ0) is 14.4. The van der Waals surface area contributed by atoms with Gasteiger partial charge in [0.1, 0.15) is 5.75 Å². The lowest BCUT2D eigenvalue weighted by Gasteiger charge is -2.22. The Morgan fingerprint density at radius 1 is 1.40 bits per heavy atom. The first kappa shape index (κ1) is 14.8. The van der Waals surface area contributed by atoms with Crippen molar-refractivity contribution in [2.45, 2.75) is 19.8 Å². The van der Waals surface area contributed by atoms with Gasteiger partial charge in [0.15, 0.2) is 5.13 Å². The topological polar surface area (TPSA) is 51.4 Å². The molecule has 2 N–H and O–H groups in total. The predicted octanol–water partition coefficient (Wildman–Crippen LogP) is 3.20. The number of rotatable bonds is 7. The van der Waals surface area contributed by atoms with Gasteiger partial charge < -0.3 is 15.4 Å². The van der Waals surface area contributed by atoms with Gasteiger partial charge >= 0.3 is 0 Å². The highest BCUT2D eigenvalue weighted by molar-refractivity contribution is 7.13. The van der Waals surface area contributed by atoms with Crippen LogP contribution in [-0.4, -0.2) is 25.2 Å². The zero-order valence-corrected chi connectivity index (χ0v) is 12.8. The van der Waals surface area contributed by atoms with Crippen molar-refractivity contribution in [2.75, 3.05) is 25.1 Å². The van der Waals surface area contributed by atoms with Crippen LogP contribution in [-0.2, 0) is 6.42 Å². The lowest BCUT2D eigenvalue weighted by Crippen LogP contribution is -2.20. The van der Waals surface area contributed by atoms with E-state index in [1.54, 1.807) is 18.4 Å². The quantitative estimate of drug-likeness (QED) is 0.851. The van der Waals surface area contributed by atoms with Crippen LogP contribution in [0.15, 0.2) is 29.6 Å². The van der Waals surface area contributed by atoms with Crippen molar-refractivity contribution in [2.24, 2.45) is 5.73 Å². The molecule has 0 spiro atoms. The molecular formula is C15H21N3OS. The number of hydrogen-bond acceptors (Lipinski definition) is 5. The Morgan fingerprint density at radius 3 is 2.90 bits per heavy atom. The van der Waals surface area contributed by atoms with Gasteiger partial charge in [0.05, 0.1) is 12.8 Å². The number of benzene rings is 1. The fraction of sp³-hybridized carbons (Fsp3) is 0.400. The molecule has 5 heteroatoms. The smallest absolute Gasteiger partial charge is 0.190 e. The summed E-state index contributed by atoms with van der Waals surface area (Å²) in [5.74, 6) is 0.854. The minimum absolute atomic E-state index is 0.673. The molecule has 0 aliphatic carbocycles. The van der Waals surface area contributed by atoms with Crippen LogP contribution in [0.2, 0.25) is 0 Å². The van der Waals surface area contributed by atoms with Crippen molar-refractivity contribution >= 4 is 22.2 Å². The maximum absolute atomic E-state index is 5.65. The molecule has 108 valence electrons. The monoisotopic (exact) mass is 291 g/mol. The van der Waals surface area contributed by atoms with Gasteiger partial charge in [-0.05, 0) is 31.5 Å². The van der Waals surface area contributed by atoms with E-state index in [0.29, 0.717) is 6.54 Å². The summed E-state index contributed by atoms with van der Waals surface area (Å²) >= 11 is 1.67. The van der Waals surface area contributed by atoms with E-state index in [9.17, 15) is 0 Å². The molecule has 0 atom stereocenters. The highest BCUT2D eigenvalue weighted by Crippen LogP contribution is 2.31. The molecule has 1 aromatic carbocycles. The predicted molar refractivity (Wildman–Crippen MR) is 85.2 cm³/mol. The molecule has 0 radical (unpaired) electrons. The van der Waals surface area contributed by atoms with Gasteiger partial charge in [-0.25, -0.2) is 4.98 Å². The lowest BCUT2D eigenvalue weighted by atomic mass is 10.2. The molecule has 0 fully saturated rings. The van der Waals surface area contributed by atoms with Crippen molar-refractivity contribution in [3.05, 3.63) is 35.3 Å². The summed E-state index contributed by atoms with van der Waals surface area (Å²) in [4.78, 5) is 6.88. The zero-order valence-electron chi connectivity index (χ0n) is 12.0. The first-order valence-electron chi connectivity index (χ1n) is 6.84. The normalized spacial score (nSPS) is 10.6. The second-order valence-corrected chi connectivity index (χ2v) is 5.31. The van der Waals surface area contributed by atoms with Crippen LogP contribution in [0.3, 0.4) is 0 Å². The number of thiazole rings is 1. The van der Waals surface area contributed by atoms with Gasteiger partial charge in [-0.1, -0.05) is 13.0 Å². The Balaban J connectivity index is 2.30. The van der Waals surface area contributed by atoms with Crippen LogP contribution in [0.1, 0.15) is 19.0 Å². The average Bonchev–Trinajstić information content (AvgIpc) is 2.97. The van der Waals surface area contributed by atoms with Crippen LogP contribution < -0.4 is 15.4 Å². The Bertz CT molecular complexity index is 541. The van der Waals surface area contributed by atoms with E-state index >= 15 is 0 Å². The fourth-order valence-corrected chi connectivity index (χ4v) is 2.90. The van der Waals surface area contributed by atoms with Gasteiger partial charge in [0.2, 0.25) is 0 Å². The summed E-state index contributed by atoms with van der Waals surface area (Å²) in [6.07, 6.45) is 1.89. The number of hydrogen-bond donors (Lipinski definition) is 1. The van der Waals surface area contributed by atoms with E-state index in [1.165, 1.54) is 0 Å². The van der Waals surface area contributed by atoms with Gasteiger partial charge in [-0.15, -0.1) is 11.3 Å². The first-order chi connectivity index (χ1) is 9.78. The van der Waals surface area contributed by atoms with E-state index in [1.807, 2.05) is 18.2 Å². The molecule has 0 saturated heterocycles. The van der Waals surface area contributed by atoms with Gasteiger partial charge in [-0.3, -0.25) is 0 Å². The average molecular weight is 291 g/mol. The number of anilines is 2. The van der Waals surface area contributed by atoms with Crippen molar-refractivity contribution in [3.63, 3.8) is 0 Å². The van der Waals surface area contributed by atoms with Gasteiger partial charge in [-0.2, -0.15) is 0 Å². The third-order valence-corrected chi connectivity index (χ3v) is 4.00. The van der Waals surface area contributed by atoms with E-state index < -0.39 is 0 Å². The van der Waals surface area contributed by atoms with Crippen LogP contribution in [0.5, 0.6) is 5.75 Å². The summed E-state index contributed by atoms with van der Waals surface area (Å²) in [6, 6.07) is 8.05. The largest absolute Gasteiger partial charge is 0.497 e. The van der Waals surface area contributed by atoms with Crippen molar-refractivity contribution in [3.8, 4) is 5.75 Å². The number of ether oxygens (including phenoxy) is 1. The number of aromatic nitrogens is 1. The number of nitrogens with zero attached hydrogens (tertiary/aromatic N) is 2. The third-order valence-electron chi connectivity index (χ3n) is 3.08. The molecule has 4 nitrogen and oxygen atoms in total. The van der Waals surface area contributed by atoms with Gasteiger partial charge in [0.25, 0.3) is 0 Å². The van der Waals surface area contributed by atoms with Crippen molar-refractivity contribution in [1.82, 2.24) is 4.98 Å². The van der Waals surface area contributed by atoms with Crippen molar-refractivity contribution in [1.29, 1.82) is 0 Å². The molecule has 20 heavy (non-hydrogen) atoms. The fourth-order valence-electron chi connectivity index (χ4n) is 1.95. The Hall–Kier alpha value is -1.59. The Labute approximate surface area is 124 Å². The summed E-state index contributed by atoms with van der Waals surface area (Å²) in [7, 11) is 1.68. The van der Waals surface area contributed by atoms with Crippen molar-refractivity contribution < 1.29 is 4.74 Å². The first-order valence-corrected chi connectivity index (χ1v) is 7.72. The maximum atomic E-state index is 5.65. The van der Waals surface area contributed by atoms with E-state index in [2.05, 4.69) is 28.3 Å². The molecule has 0 aliphatic heterocycles. The molecule has 1 aromatic heterocycles. The SMILES string of the molecule is CCc1csc(N(CCCN)c2cccc(OC)c2)n1. The van der Waals surface area contributed by atoms with Crippen LogP contribution >= 0.6 is 11.3 Å². The third kappa shape index (κ3) is 3.49. The Kier molecular flexibility index (Phi) is 5.38. The standard InChI is InChI=1S/C15H21N3OS/c1-3-12-11-20-15(17-12)18(9-5-8-16)13-6-4-7-14(10-13)19-2/h4,6-7,10-11H,3,5,8-9,16H2,1-2H3. The molecule has 0 saturated carbocycles. The molecule has 1 heterocycles. The summed E-state index contributed by atoms with van der Waals surface area (Å²) in [5.41, 5.74) is 7.87. The number of methoxy groups -OCH3 is 1. The van der Waals surface area contributed by atoms with Crippen LogP contribution in [0, 0.1) is 0 Å². The minimum atomic E-state index is 0.673. The summed E-state index contributed by atoms with van der Waals surface area (Å²) in [6.45, 7) is 3.65. The molecule has 0 amide bonds. The molecular weight excluding hydrogens is 270 g/mol. The van der Waals surface area contributed by atoms with E-state index in [-0.39, 0.29) is 0 Å². The molecule has 0 bridgehead atoms. The second kappa shape index (κ2) is 7.26. The van der Waals surface area contributed by atoms with E-state index in [4.69, 9.17) is 10.5 Å². The second-order valence-electron chi connectivity index (χ2n) is 4.47. The maximum Gasteiger partial charge on any atom is 0.190 e. The number of nitrogens with two attached hydrogens (primary N) is 1. The molecule has 0 unspecified atom stereocenters. The summed E-state index contributed by atoms with van der Waals surface area (Å²) < 4.78 is 5.30. The highest BCUT2D eigenvalue weighted by Gasteiger charge is 2.13. The van der Waals surface area contributed by atoms with E-state index in [0.717, 1.165) is 41.6 Å². The molecule has 0 aliphatic rings. The van der Waals surface area contributed by atoms with Crippen LogP contribution in [0.25, 0.3) is 0 Å². The summed E-state index contributed by atoms with van der Waals surface area (Å²) in [5, 5.41) is 3.13. The molecule has 2 aromatic rings. The highest BCUT2D eigenvalue weighted by atomic mass is 32.1. The van der Waals surface area contributed by atoms with Crippen LogP contribution in [0.4, 0.5) is 10.8 Å². The Morgan fingerprint density at radius 2 is 2.25 bits per heavy atom. The number of aryl methyl sites for hydroxylation is 1. The lowest BCUT2D eigenvalue weighted by molar-refractivity contribution is 0.415. The molecule has 2 rings (SSSR count).